The van der Waals surface area contributed by atoms with Crippen LogP contribution in [-0.4, -0.2) is 23.5 Å². The van der Waals surface area contributed by atoms with Gasteiger partial charge in [0.25, 0.3) is 5.69 Å². The van der Waals surface area contributed by atoms with Gasteiger partial charge in [0, 0.05) is 18.7 Å². The van der Waals surface area contributed by atoms with Crippen molar-refractivity contribution < 1.29 is 14.5 Å². The zero-order chi connectivity index (χ0) is 18.2. The van der Waals surface area contributed by atoms with Gasteiger partial charge >= 0.3 is 0 Å². The van der Waals surface area contributed by atoms with Crippen LogP contribution in [0.15, 0.2) is 48.5 Å². The van der Waals surface area contributed by atoms with Crippen LogP contribution in [0, 0.1) is 10.1 Å². The second kappa shape index (κ2) is 8.82. The number of carbonyl (C=O) groups is 1. The molecule has 0 heterocycles. The molecule has 0 atom stereocenters. The van der Waals surface area contributed by atoms with E-state index in [1.54, 1.807) is 12.1 Å². The summed E-state index contributed by atoms with van der Waals surface area (Å²) in [5.74, 6) is 0.731. The number of nitro groups is 1. The van der Waals surface area contributed by atoms with Crippen molar-refractivity contribution in [1.29, 1.82) is 0 Å². The second-order valence-electron chi connectivity index (χ2n) is 6.01. The molecule has 0 saturated carbocycles. The van der Waals surface area contributed by atoms with Gasteiger partial charge in [-0.15, -0.1) is 0 Å². The van der Waals surface area contributed by atoms with Crippen LogP contribution in [0.3, 0.4) is 0 Å². The molecule has 0 aliphatic carbocycles. The molecule has 0 bridgehead atoms. The first-order chi connectivity index (χ1) is 11.9. The molecular formula is C19H22N2O4. The first kappa shape index (κ1) is 18.4. The highest BCUT2D eigenvalue weighted by atomic mass is 16.6. The highest BCUT2D eigenvalue weighted by Gasteiger charge is 2.07. The average Bonchev–Trinajstić information content (AvgIpc) is 2.56. The third kappa shape index (κ3) is 6.25. The minimum absolute atomic E-state index is 0.0223. The summed E-state index contributed by atoms with van der Waals surface area (Å²) in [6.07, 6.45) is 1.08. The maximum atomic E-state index is 11.9. The lowest BCUT2D eigenvalue weighted by molar-refractivity contribution is -0.384. The van der Waals surface area contributed by atoms with Crippen molar-refractivity contribution in [3.63, 3.8) is 0 Å². The van der Waals surface area contributed by atoms with E-state index in [9.17, 15) is 14.9 Å². The van der Waals surface area contributed by atoms with Gasteiger partial charge in [0.15, 0.2) is 0 Å². The van der Waals surface area contributed by atoms with E-state index >= 15 is 0 Å². The summed E-state index contributed by atoms with van der Waals surface area (Å²) in [4.78, 5) is 22.1. The Labute approximate surface area is 147 Å². The zero-order valence-corrected chi connectivity index (χ0v) is 14.4. The molecule has 2 aromatic rings. The van der Waals surface area contributed by atoms with E-state index in [4.69, 9.17) is 4.74 Å². The number of ether oxygens (including phenoxy) is 1. The molecule has 1 N–H and O–H groups in total. The molecule has 0 aliphatic rings. The fourth-order valence-electron chi connectivity index (χ4n) is 2.34. The number of non-ortho nitro benzene ring substituents is 1. The predicted octanol–water partition coefficient (Wildman–Crippen LogP) is 3.28. The maximum absolute atomic E-state index is 11.9. The number of nitrogens with one attached hydrogen (secondary N) is 1. The number of nitro benzene ring substituents is 1. The van der Waals surface area contributed by atoms with Gasteiger partial charge in [-0.3, -0.25) is 14.9 Å². The van der Waals surface area contributed by atoms with Crippen LogP contribution in [0.4, 0.5) is 5.69 Å². The predicted molar refractivity (Wildman–Crippen MR) is 95.7 cm³/mol. The second-order valence-corrected chi connectivity index (χ2v) is 6.01. The number of rotatable bonds is 8. The minimum Gasteiger partial charge on any atom is -0.491 e. The van der Waals surface area contributed by atoms with Gasteiger partial charge < -0.3 is 10.1 Å². The smallest absolute Gasteiger partial charge is 0.269 e. The number of hydrogen-bond acceptors (Lipinski definition) is 4. The van der Waals surface area contributed by atoms with Crippen molar-refractivity contribution >= 4 is 11.6 Å². The Balaban J connectivity index is 1.75. The van der Waals surface area contributed by atoms with Crippen molar-refractivity contribution in [2.75, 3.05) is 6.54 Å². The number of nitrogens with zero attached hydrogens (tertiary/aromatic N) is 1. The molecule has 0 aliphatic heterocycles. The van der Waals surface area contributed by atoms with Crippen molar-refractivity contribution in [3.05, 3.63) is 69.8 Å². The summed E-state index contributed by atoms with van der Waals surface area (Å²) in [6, 6.07) is 13.8. The average molecular weight is 342 g/mol. The Kier molecular flexibility index (Phi) is 6.51. The van der Waals surface area contributed by atoms with Gasteiger partial charge in [-0.05, 0) is 43.5 Å². The lowest BCUT2D eigenvalue weighted by atomic mass is 10.1. The van der Waals surface area contributed by atoms with Crippen molar-refractivity contribution in [2.45, 2.75) is 32.8 Å². The van der Waals surface area contributed by atoms with Crippen LogP contribution in [-0.2, 0) is 17.6 Å². The quantitative estimate of drug-likeness (QED) is 0.589. The number of hydrogen-bond donors (Lipinski definition) is 1. The minimum atomic E-state index is -0.457. The van der Waals surface area contributed by atoms with E-state index in [0.29, 0.717) is 6.54 Å². The van der Waals surface area contributed by atoms with E-state index in [1.165, 1.54) is 12.1 Å². The van der Waals surface area contributed by atoms with E-state index in [0.717, 1.165) is 23.3 Å². The molecule has 2 rings (SSSR count). The van der Waals surface area contributed by atoms with Crippen LogP contribution < -0.4 is 10.1 Å². The molecule has 0 radical (unpaired) electrons. The summed E-state index contributed by atoms with van der Waals surface area (Å²) in [7, 11) is 0. The molecule has 0 fully saturated rings. The van der Waals surface area contributed by atoms with Crippen LogP contribution >= 0.6 is 0 Å². The van der Waals surface area contributed by atoms with Gasteiger partial charge in [-0.1, -0.05) is 24.3 Å². The summed E-state index contributed by atoms with van der Waals surface area (Å²) in [5, 5.41) is 13.5. The van der Waals surface area contributed by atoms with Crippen LogP contribution in [0.1, 0.15) is 25.0 Å². The highest BCUT2D eigenvalue weighted by molar-refractivity contribution is 5.78. The summed E-state index contributed by atoms with van der Waals surface area (Å²) in [6.45, 7) is 4.50. The molecule has 6 nitrogen and oxygen atoms in total. The van der Waals surface area contributed by atoms with Crippen molar-refractivity contribution in [3.8, 4) is 5.75 Å². The first-order valence-corrected chi connectivity index (χ1v) is 8.19. The van der Waals surface area contributed by atoms with Crippen LogP contribution in [0.25, 0.3) is 0 Å². The van der Waals surface area contributed by atoms with Crippen LogP contribution in [0.2, 0.25) is 0 Å². The Morgan fingerprint density at radius 2 is 1.68 bits per heavy atom. The van der Waals surface area contributed by atoms with Crippen LogP contribution in [0.5, 0.6) is 5.75 Å². The molecule has 132 valence electrons. The SMILES string of the molecule is CC(C)Oc1ccc(CCNC(=O)Cc2ccc([N+](=O)[O-])cc2)cc1. The van der Waals surface area contributed by atoms with Gasteiger partial charge in [-0.25, -0.2) is 0 Å². The van der Waals surface area contributed by atoms with E-state index < -0.39 is 4.92 Å². The van der Waals surface area contributed by atoms with E-state index in [1.807, 2.05) is 38.1 Å². The molecule has 2 aromatic carbocycles. The molecule has 0 unspecified atom stereocenters. The lowest BCUT2D eigenvalue weighted by Gasteiger charge is -2.10. The summed E-state index contributed by atoms with van der Waals surface area (Å²) in [5.41, 5.74) is 1.89. The maximum Gasteiger partial charge on any atom is 0.269 e. The highest BCUT2D eigenvalue weighted by Crippen LogP contribution is 2.14. The Morgan fingerprint density at radius 1 is 1.08 bits per heavy atom. The fourth-order valence-corrected chi connectivity index (χ4v) is 2.34. The van der Waals surface area contributed by atoms with Gasteiger partial charge in [0.05, 0.1) is 17.4 Å². The lowest BCUT2D eigenvalue weighted by Crippen LogP contribution is -2.27. The standard InChI is InChI=1S/C19H22N2O4/c1-14(2)25-18-9-5-15(6-10-18)11-12-20-19(22)13-16-3-7-17(8-4-16)21(23)24/h3-10,14H,11-13H2,1-2H3,(H,20,22). The van der Waals surface area contributed by atoms with E-state index in [2.05, 4.69) is 5.32 Å². The molecule has 6 heteroatoms. The molecule has 0 spiro atoms. The zero-order valence-electron chi connectivity index (χ0n) is 14.4. The Hall–Kier alpha value is -2.89. The molecule has 0 saturated heterocycles. The van der Waals surface area contributed by atoms with Crippen molar-refractivity contribution in [1.82, 2.24) is 5.32 Å². The summed E-state index contributed by atoms with van der Waals surface area (Å²) < 4.78 is 5.59. The van der Waals surface area contributed by atoms with Gasteiger partial charge in [-0.2, -0.15) is 0 Å². The summed E-state index contributed by atoms with van der Waals surface area (Å²) >= 11 is 0. The normalized spacial score (nSPS) is 10.5. The number of amides is 1. The van der Waals surface area contributed by atoms with Gasteiger partial charge in [0.2, 0.25) is 5.91 Å². The molecule has 1 amide bonds. The number of carbonyl (C=O) groups excluding carboxylic acids is 1. The Bertz CT molecular complexity index is 709. The van der Waals surface area contributed by atoms with Gasteiger partial charge in [0.1, 0.15) is 5.75 Å². The fraction of sp³-hybridized carbons (Fsp3) is 0.316. The first-order valence-electron chi connectivity index (χ1n) is 8.19. The number of benzene rings is 2. The molecular weight excluding hydrogens is 320 g/mol. The van der Waals surface area contributed by atoms with Crippen molar-refractivity contribution in [2.24, 2.45) is 0 Å². The Morgan fingerprint density at radius 3 is 2.24 bits per heavy atom. The van der Waals surface area contributed by atoms with E-state index in [-0.39, 0.29) is 24.1 Å². The topological polar surface area (TPSA) is 81.5 Å². The molecule has 25 heavy (non-hydrogen) atoms. The molecule has 0 aromatic heterocycles. The largest absolute Gasteiger partial charge is 0.491 e. The third-order valence-corrected chi connectivity index (χ3v) is 3.54. The monoisotopic (exact) mass is 342 g/mol. The third-order valence-electron chi connectivity index (χ3n) is 3.54.